The van der Waals surface area contributed by atoms with E-state index in [2.05, 4.69) is 6.92 Å². The lowest BCUT2D eigenvalue weighted by Crippen LogP contribution is -2.35. The fraction of sp³-hybridized carbons (Fsp3) is 0.778. The molecule has 158 valence electrons. The Bertz CT molecular complexity index is 568. The van der Waals surface area contributed by atoms with E-state index in [4.69, 9.17) is 19.5 Å². The van der Waals surface area contributed by atoms with Crippen LogP contribution in [0.3, 0.4) is 0 Å². The molecule has 0 aromatic heterocycles. The molecule has 0 aliphatic heterocycles. The van der Waals surface area contributed by atoms with E-state index < -0.39 is 32.9 Å². The van der Waals surface area contributed by atoms with Crippen molar-refractivity contribution in [2.24, 2.45) is 0 Å². The van der Waals surface area contributed by atoms with Crippen molar-refractivity contribution in [3.05, 3.63) is 11.6 Å². The number of carbonyl (C=O) groups is 2. The average Bonchev–Trinajstić information content (AvgIpc) is 2.56. The Kier molecular flexibility index (Phi) is 13.8. The van der Waals surface area contributed by atoms with E-state index >= 15 is 0 Å². The van der Waals surface area contributed by atoms with Crippen molar-refractivity contribution in [1.29, 1.82) is 0 Å². The van der Waals surface area contributed by atoms with Gasteiger partial charge in [0.2, 0.25) is 5.25 Å². The molecular formula is C18H32O8S. The Morgan fingerprint density at radius 1 is 0.926 bits per heavy atom. The van der Waals surface area contributed by atoms with Crippen molar-refractivity contribution in [2.45, 2.75) is 76.4 Å². The minimum absolute atomic E-state index is 0.238. The topological polar surface area (TPSA) is 138 Å². The van der Waals surface area contributed by atoms with E-state index in [1.54, 1.807) is 0 Å². The van der Waals surface area contributed by atoms with Crippen LogP contribution in [0.4, 0.5) is 0 Å². The summed E-state index contributed by atoms with van der Waals surface area (Å²) in [5.41, 5.74) is -0.937. The summed E-state index contributed by atoms with van der Waals surface area (Å²) in [4.78, 5) is 22.0. The van der Waals surface area contributed by atoms with Gasteiger partial charge in [-0.15, -0.1) is 0 Å². The number of ether oxygens (including phenoxy) is 1. The summed E-state index contributed by atoms with van der Waals surface area (Å²) in [6, 6.07) is 0. The number of rotatable bonds is 17. The van der Waals surface area contributed by atoms with Crippen molar-refractivity contribution in [2.75, 3.05) is 13.2 Å². The van der Waals surface area contributed by atoms with Gasteiger partial charge in [-0.05, 0) is 12.5 Å². The quantitative estimate of drug-likeness (QED) is 0.189. The molecule has 0 radical (unpaired) electrons. The van der Waals surface area contributed by atoms with Crippen LogP contribution in [-0.4, -0.2) is 53.6 Å². The molecule has 0 aliphatic rings. The number of aliphatic carboxylic acids is 2. The summed E-state index contributed by atoms with van der Waals surface area (Å²) in [7, 11) is -5.08. The summed E-state index contributed by atoms with van der Waals surface area (Å²) < 4.78 is 36.3. The van der Waals surface area contributed by atoms with Crippen LogP contribution in [0.1, 0.15) is 71.1 Å². The first-order chi connectivity index (χ1) is 12.7. The highest BCUT2D eigenvalue weighted by molar-refractivity contribution is 7.87. The monoisotopic (exact) mass is 408 g/mol. The van der Waals surface area contributed by atoms with Crippen LogP contribution < -0.4 is 0 Å². The van der Waals surface area contributed by atoms with Crippen molar-refractivity contribution in [3.8, 4) is 0 Å². The maximum absolute atomic E-state index is 11.1. The normalized spacial score (nSPS) is 13.5. The number of hydrogen-bond acceptors (Lipinski definition) is 5. The molecular weight excluding hydrogens is 376 g/mol. The summed E-state index contributed by atoms with van der Waals surface area (Å²) >= 11 is 0. The van der Waals surface area contributed by atoms with Crippen molar-refractivity contribution in [3.63, 3.8) is 0 Å². The lowest BCUT2D eigenvalue weighted by molar-refractivity contribution is -0.139. The summed E-state index contributed by atoms with van der Waals surface area (Å²) in [5.74, 6) is -3.69. The van der Waals surface area contributed by atoms with Crippen LogP contribution >= 0.6 is 0 Å². The molecule has 0 aliphatic carbocycles. The summed E-state index contributed by atoms with van der Waals surface area (Å²) in [6.45, 7) is 2.32. The van der Waals surface area contributed by atoms with Crippen LogP contribution in [0.25, 0.3) is 0 Å². The predicted molar refractivity (Wildman–Crippen MR) is 101 cm³/mol. The van der Waals surface area contributed by atoms with Gasteiger partial charge >= 0.3 is 11.9 Å². The third-order valence-corrected chi connectivity index (χ3v) is 5.17. The largest absolute Gasteiger partial charge is 0.480 e. The van der Waals surface area contributed by atoms with Gasteiger partial charge in [0.15, 0.2) is 0 Å². The molecule has 0 saturated carbocycles. The van der Waals surface area contributed by atoms with Crippen molar-refractivity contribution >= 4 is 22.1 Å². The summed E-state index contributed by atoms with van der Waals surface area (Å²) in [6.07, 6.45) is 12.5. The third kappa shape index (κ3) is 12.5. The molecule has 0 bridgehead atoms. The van der Waals surface area contributed by atoms with Crippen molar-refractivity contribution < 1.29 is 37.5 Å². The molecule has 8 nitrogen and oxygen atoms in total. The molecule has 0 aromatic carbocycles. The minimum Gasteiger partial charge on any atom is -0.480 e. The Morgan fingerprint density at radius 3 is 1.81 bits per heavy atom. The maximum Gasteiger partial charge on any atom is 0.333 e. The van der Waals surface area contributed by atoms with Gasteiger partial charge in [0.25, 0.3) is 10.1 Å². The number of hydrogen-bond donors (Lipinski definition) is 3. The smallest absolute Gasteiger partial charge is 0.333 e. The lowest BCUT2D eigenvalue weighted by atomic mass is 10.1. The lowest BCUT2D eigenvalue weighted by Gasteiger charge is -2.10. The van der Waals surface area contributed by atoms with Gasteiger partial charge in [0.05, 0.1) is 12.2 Å². The summed E-state index contributed by atoms with van der Waals surface area (Å²) in [5, 5.41) is 15.3. The Balaban J connectivity index is 4.05. The molecule has 1 atom stereocenters. The zero-order valence-electron chi connectivity index (χ0n) is 15.9. The first-order valence-corrected chi connectivity index (χ1v) is 10.9. The van der Waals surface area contributed by atoms with Gasteiger partial charge in [-0.2, -0.15) is 8.42 Å². The van der Waals surface area contributed by atoms with E-state index in [0.29, 0.717) is 6.61 Å². The zero-order valence-corrected chi connectivity index (χ0v) is 16.7. The molecule has 0 aromatic rings. The first-order valence-electron chi connectivity index (χ1n) is 9.42. The molecule has 0 amide bonds. The molecule has 1 unspecified atom stereocenters. The first kappa shape index (κ1) is 25.6. The molecule has 3 N–H and O–H groups in total. The van der Waals surface area contributed by atoms with Gasteiger partial charge in [-0.3, -0.25) is 9.35 Å². The average molecular weight is 409 g/mol. The van der Waals surface area contributed by atoms with Crippen LogP contribution in [0.2, 0.25) is 0 Å². The van der Waals surface area contributed by atoms with E-state index in [-0.39, 0.29) is 6.61 Å². The van der Waals surface area contributed by atoms with Crippen LogP contribution in [-0.2, 0) is 24.4 Å². The molecule has 0 fully saturated rings. The van der Waals surface area contributed by atoms with E-state index in [9.17, 15) is 18.0 Å². The standard InChI is InChI=1S/C18H32O8S/c1-2-3-4-5-6-7-8-9-10-11-13-26-14-12-15(17(19)20)16(18(21)22)27(23,24)25/h12,16H,2-11,13-14H2,1H3,(H,19,20)(H,21,22)(H,23,24,25). The van der Waals surface area contributed by atoms with E-state index in [1.165, 1.54) is 44.9 Å². The molecule has 27 heavy (non-hydrogen) atoms. The fourth-order valence-electron chi connectivity index (χ4n) is 2.65. The molecule has 9 heteroatoms. The molecule has 0 saturated heterocycles. The molecule has 0 rings (SSSR count). The van der Waals surface area contributed by atoms with E-state index in [0.717, 1.165) is 25.3 Å². The second-order valence-electron chi connectivity index (χ2n) is 6.45. The zero-order chi connectivity index (χ0) is 20.7. The number of carboxylic acid groups (broad SMARTS) is 2. The number of carboxylic acids is 2. The molecule has 0 spiro atoms. The third-order valence-electron chi connectivity index (χ3n) is 4.11. The van der Waals surface area contributed by atoms with E-state index in [1.807, 2.05) is 0 Å². The van der Waals surface area contributed by atoms with Gasteiger partial charge < -0.3 is 14.9 Å². The highest BCUT2D eigenvalue weighted by Gasteiger charge is 2.38. The van der Waals surface area contributed by atoms with Gasteiger partial charge in [0.1, 0.15) is 0 Å². The van der Waals surface area contributed by atoms with Gasteiger partial charge in [-0.1, -0.05) is 64.7 Å². The second-order valence-corrected chi connectivity index (χ2v) is 7.96. The number of unbranched alkanes of at least 4 members (excludes halogenated alkanes) is 9. The Morgan fingerprint density at radius 2 is 1.41 bits per heavy atom. The fourth-order valence-corrected chi connectivity index (χ4v) is 3.42. The van der Waals surface area contributed by atoms with Crippen molar-refractivity contribution in [1.82, 2.24) is 0 Å². The van der Waals surface area contributed by atoms with Crippen LogP contribution in [0, 0.1) is 0 Å². The van der Waals surface area contributed by atoms with Gasteiger partial charge in [-0.25, -0.2) is 4.79 Å². The minimum atomic E-state index is -5.08. The highest BCUT2D eigenvalue weighted by Crippen LogP contribution is 2.13. The Hall–Kier alpha value is -1.45. The van der Waals surface area contributed by atoms with Crippen LogP contribution in [0.15, 0.2) is 11.6 Å². The van der Waals surface area contributed by atoms with Gasteiger partial charge in [0, 0.05) is 6.61 Å². The van der Waals surface area contributed by atoms with Crippen LogP contribution in [0.5, 0.6) is 0 Å². The maximum atomic E-state index is 11.1. The predicted octanol–water partition coefficient (Wildman–Crippen LogP) is 3.28. The Labute approximate surface area is 161 Å². The SMILES string of the molecule is CCCCCCCCCCCCOCC=C(C(=O)O)C(C(=O)O)S(=O)(=O)O. The highest BCUT2D eigenvalue weighted by atomic mass is 32.2. The molecule has 0 heterocycles. The second kappa shape index (κ2) is 14.6.